The molecule has 1 atom stereocenters. The van der Waals surface area contributed by atoms with Crippen LogP contribution in [0.2, 0.25) is 0 Å². The van der Waals surface area contributed by atoms with Gasteiger partial charge < -0.3 is 24.2 Å². The average Bonchev–Trinajstić information content (AvgIpc) is 2.79. The number of benzene rings is 3. The molecule has 32 heavy (non-hydrogen) atoms. The molecule has 1 N–H and O–H groups in total. The lowest BCUT2D eigenvalue weighted by molar-refractivity contribution is -0.157. The zero-order valence-corrected chi connectivity index (χ0v) is 18.2. The van der Waals surface area contributed by atoms with Gasteiger partial charge >= 0.3 is 5.97 Å². The Labute approximate surface area is 188 Å². The van der Waals surface area contributed by atoms with Gasteiger partial charge in [0.15, 0.2) is 17.6 Å². The fraction of sp³-hybridized carbons (Fsp3) is 0.269. The first kappa shape index (κ1) is 21.7. The largest absolute Gasteiger partial charge is 0.492 e. The number of rotatable bonds is 8. The Kier molecular flexibility index (Phi) is 6.61. The van der Waals surface area contributed by atoms with Crippen LogP contribution in [0.3, 0.4) is 0 Å². The van der Waals surface area contributed by atoms with Crippen LogP contribution in [0.1, 0.15) is 19.4 Å². The summed E-state index contributed by atoms with van der Waals surface area (Å²) in [5.74, 6) is 1.77. The summed E-state index contributed by atoms with van der Waals surface area (Å²) in [6, 6.07) is 23.3. The number of carbonyl (C=O) groups is 1. The monoisotopic (exact) mass is 433 g/mol. The molecule has 0 fully saturated rings. The van der Waals surface area contributed by atoms with Crippen LogP contribution < -0.4 is 14.4 Å². The van der Waals surface area contributed by atoms with Gasteiger partial charge in [0.05, 0.1) is 24.0 Å². The molecule has 1 aliphatic rings. The van der Waals surface area contributed by atoms with Crippen molar-refractivity contribution in [1.29, 1.82) is 0 Å². The fourth-order valence-electron chi connectivity index (χ4n) is 3.62. The van der Waals surface area contributed by atoms with Crippen LogP contribution in [0.5, 0.6) is 17.2 Å². The highest BCUT2D eigenvalue weighted by molar-refractivity contribution is 5.77. The van der Waals surface area contributed by atoms with Gasteiger partial charge in [0.25, 0.3) is 0 Å². The Hall–Kier alpha value is -3.51. The Balaban J connectivity index is 1.36. The molecule has 3 aromatic rings. The number of nitrogens with zero attached hydrogens (tertiary/aromatic N) is 1. The number of anilines is 2. The summed E-state index contributed by atoms with van der Waals surface area (Å²) in [5, 5.41) is 10.0. The van der Waals surface area contributed by atoms with Crippen LogP contribution in [0.15, 0.2) is 72.8 Å². The maximum Gasteiger partial charge on any atom is 0.335 e. The van der Waals surface area contributed by atoms with E-state index in [1.54, 1.807) is 13.8 Å². The zero-order valence-electron chi connectivity index (χ0n) is 18.2. The molecule has 3 aromatic carbocycles. The minimum absolute atomic E-state index is 0.202. The molecule has 0 aliphatic carbocycles. The lowest BCUT2D eigenvalue weighted by Crippen LogP contribution is -2.27. The van der Waals surface area contributed by atoms with E-state index in [0.29, 0.717) is 13.2 Å². The van der Waals surface area contributed by atoms with Gasteiger partial charge in [-0.15, -0.1) is 0 Å². The normalized spacial score (nSPS) is 13.1. The second-order valence-corrected chi connectivity index (χ2v) is 7.89. The van der Waals surface area contributed by atoms with E-state index in [-0.39, 0.29) is 12.5 Å². The van der Waals surface area contributed by atoms with Gasteiger partial charge in [-0.3, -0.25) is 0 Å². The molecule has 0 bridgehead atoms. The summed E-state index contributed by atoms with van der Waals surface area (Å²) in [4.78, 5) is 14.0. The molecule has 6 nitrogen and oxygen atoms in total. The lowest BCUT2D eigenvalue weighted by Gasteiger charge is -2.32. The van der Waals surface area contributed by atoms with E-state index < -0.39 is 12.1 Å². The second-order valence-electron chi connectivity index (χ2n) is 7.89. The van der Waals surface area contributed by atoms with Crippen molar-refractivity contribution in [3.05, 3.63) is 78.4 Å². The Morgan fingerprint density at radius 2 is 1.53 bits per heavy atom. The van der Waals surface area contributed by atoms with Crippen LogP contribution in [0.4, 0.5) is 11.4 Å². The van der Waals surface area contributed by atoms with Crippen LogP contribution in [0.25, 0.3) is 0 Å². The summed E-state index contributed by atoms with van der Waals surface area (Å²) in [6.45, 7) is 4.64. The third-order valence-electron chi connectivity index (χ3n) is 5.09. The maximum atomic E-state index is 11.8. The number of carbonyl (C=O) groups excluding carboxylic acids is 1. The number of aliphatic hydroxyl groups excluding tert-OH is 1. The molecular formula is C26H27NO5. The smallest absolute Gasteiger partial charge is 0.335 e. The fourth-order valence-corrected chi connectivity index (χ4v) is 3.62. The minimum Gasteiger partial charge on any atom is -0.492 e. The number of ether oxygens (including phenoxy) is 3. The highest BCUT2D eigenvalue weighted by Gasteiger charge is 2.23. The van der Waals surface area contributed by atoms with E-state index >= 15 is 0 Å². The van der Waals surface area contributed by atoms with Gasteiger partial charge in [0.1, 0.15) is 12.4 Å². The Morgan fingerprint density at radius 3 is 2.12 bits per heavy atom. The second kappa shape index (κ2) is 9.75. The molecule has 0 spiro atoms. The summed E-state index contributed by atoms with van der Waals surface area (Å²) in [7, 11) is 0. The van der Waals surface area contributed by atoms with Gasteiger partial charge in [-0.1, -0.05) is 36.4 Å². The average molecular weight is 434 g/mol. The third-order valence-corrected chi connectivity index (χ3v) is 5.09. The van der Waals surface area contributed by atoms with Crippen molar-refractivity contribution in [2.75, 3.05) is 18.1 Å². The van der Waals surface area contributed by atoms with E-state index in [0.717, 1.165) is 34.2 Å². The van der Waals surface area contributed by atoms with Crippen LogP contribution >= 0.6 is 0 Å². The van der Waals surface area contributed by atoms with Crippen molar-refractivity contribution >= 4 is 17.3 Å². The summed E-state index contributed by atoms with van der Waals surface area (Å²) < 4.78 is 17.0. The van der Waals surface area contributed by atoms with Gasteiger partial charge in [0, 0.05) is 6.42 Å². The van der Waals surface area contributed by atoms with Crippen molar-refractivity contribution in [3.63, 3.8) is 0 Å². The summed E-state index contributed by atoms with van der Waals surface area (Å²) >= 11 is 0. The predicted octanol–water partition coefficient (Wildman–Crippen LogP) is 4.86. The summed E-state index contributed by atoms with van der Waals surface area (Å²) in [5.41, 5.74) is 2.85. The lowest BCUT2D eigenvalue weighted by atomic mass is 10.1. The molecule has 1 heterocycles. The first-order valence-corrected chi connectivity index (χ1v) is 10.7. The standard InChI is InChI=1S/C26H27NO5/c1-18(2)31-26(29)23(28)17-19-11-13-20(14-12-19)30-16-15-27-21-7-3-5-9-24(21)32-25-10-6-4-8-22(25)27/h3-14,18,23,28H,15-17H2,1-2H3. The number of aliphatic hydroxyl groups is 1. The summed E-state index contributed by atoms with van der Waals surface area (Å²) in [6.07, 6.45) is -1.23. The number of para-hydroxylation sites is 4. The Morgan fingerprint density at radius 1 is 0.938 bits per heavy atom. The van der Waals surface area contributed by atoms with Gasteiger partial charge in [-0.2, -0.15) is 0 Å². The molecule has 0 saturated carbocycles. The van der Waals surface area contributed by atoms with E-state index in [4.69, 9.17) is 14.2 Å². The molecule has 6 heteroatoms. The van der Waals surface area contributed by atoms with Gasteiger partial charge in [0.2, 0.25) is 0 Å². The van der Waals surface area contributed by atoms with Gasteiger partial charge in [-0.25, -0.2) is 4.79 Å². The van der Waals surface area contributed by atoms with Crippen molar-refractivity contribution < 1.29 is 24.1 Å². The SMILES string of the molecule is CC(C)OC(=O)C(O)Cc1ccc(OCCN2c3ccccc3Oc3ccccc32)cc1. The number of hydrogen-bond donors (Lipinski definition) is 1. The van der Waals surface area contributed by atoms with E-state index in [9.17, 15) is 9.90 Å². The van der Waals surface area contributed by atoms with Crippen LogP contribution in [0, 0.1) is 0 Å². The molecule has 4 rings (SSSR count). The minimum atomic E-state index is -1.18. The molecule has 0 amide bonds. The van der Waals surface area contributed by atoms with Gasteiger partial charge in [-0.05, 0) is 55.8 Å². The number of hydrogen-bond acceptors (Lipinski definition) is 6. The Bertz CT molecular complexity index is 1020. The molecule has 166 valence electrons. The molecule has 0 radical (unpaired) electrons. The maximum absolute atomic E-state index is 11.8. The highest BCUT2D eigenvalue weighted by atomic mass is 16.6. The van der Waals surface area contributed by atoms with Crippen molar-refractivity contribution in [2.24, 2.45) is 0 Å². The molecule has 1 unspecified atom stereocenters. The number of fused-ring (bicyclic) bond motifs is 2. The van der Waals surface area contributed by atoms with Crippen LogP contribution in [-0.2, 0) is 16.0 Å². The van der Waals surface area contributed by atoms with Crippen molar-refractivity contribution in [3.8, 4) is 17.2 Å². The number of esters is 1. The predicted molar refractivity (Wildman–Crippen MR) is 123 cm³/mol. The first-order valence-electron chi connectivity index (χ1n) is 10.7. The topological polar surface area (TPSA) is 68.2 Å². The van der Waals surface area contributed by atoms with E-state index in [2.05, 4.69) is 4.90 Å². The van der Waals surface area contributed by atoms with Crippen molar-refractivity contribution in [2.45, 2.75) is 32.5 Å². The molecule has 1 aliphatic heterocycles. The molecule has 0 aromatic heterocycles. The highest BCUT2D eigenvalue weighted by Crippen LogP contribution is 2.45. The molecule has 0 saturated heterocycles. The van der Waals surface area contributed by atoms with Crippen molar-refractivity contribution in [1.82, 2.24) is 0 Å². The first-order chi connectivity index (χ1) is 15.5. The van der Waals surface area contributed by atoms with Crippen LogP contribution in [-0.4, -0.2) is 36.4 Å². The quantitative estimate of drug-likeness (QED) is 0.512. The third kappa shape index (κ3) is 5.03. The molecular weight excluding hydrogens is 406 g/mol. The van der Waals surface area contributed by atoms with E-state index in [1.807, 2.05) is 72.8 Å². The zero-order chi connectivity index (χ0) is 22.5. The van der Waals surface area contributed by atoms with E-state index in [1.165, 1.54) is 0 Å².